The molecule has 0 bridgehead atoms. The Hall–Kier alpha value is -1.06. The SMILES string of the molecule is CCC1(C(=O)N[C@H](C)C(=O)O)CCCC1. The van der Waals surface area contributed by atoms with Crippen LogP contribution in [0, 0.1) is 5.41 Å². The van der Waals surface area contributed by atoms with Crippen LogP contribution in [0.1, 0.15) is 46.0 Å². The van der Waals surface area contributed by atoms with Gasteiger partial charge >= 0.3 is 5.97 Å². The molecule has 2 N–H and O–H groups in total. The van der Waals surface area contributed by atoms with Crippen molar-refractivity contribution in [2.24, 2.45) is 5.41 Å². The van der Waals surface area contributed by atoms with Crippen LogP contribution in [0.15, 0.2) is 0 Å². The van der Waals surface area contributed by atoms with Gasteiger partial charge in [0.25, 0.3) is 0 Å². The van der Waals surface area contributed by atoms with Crippen molar-refractivity contribution in [1.82, 2.24) is 5.32 Å². The molecule has 1 fully saturated rings. The van der Waals surface area contributed by atoms with Crippen LogP contribution in [0.2, 0.25) is 0 Å². The topological polar surface area (TPSA) is 66.4 Å². The third-order valence-corrected chi connectivity index (χ3v) is 3.44. The van der Waals surface area contributed by atoms with E-state index in [1.165, 1.54) is 6.92 Å². The van der Waals surface area contributed by atoms with Crippen LogP contribution in [-0.4, -0.2) is 23.0 Å². The molecule has 1 aliphatic carbocycles. The normalized spacial score (nSPS) is 20.9. The first-order valence-electron chi connectivity index (χ1n) is 5.55. The number of hydrogen-bond donors (Lipinski definition) is 2. The van der Waals surface area contributed by atoms with Gasteiger partial charge in [0, 0.05) is 5.41 Å². The molecule has 0 saturated heterocycles. The molecule has 1 rings (SSSR count). The fourth-order valence-corrected chi connectivity index (χ4v) is 2.20. The Labute approximate surface area is 90.0 Å². The number of carbonyl (C=O) groups is 2. The third-order valence-electron chi connectivity index (χ3n) is 3.44. The van der Waals surface area contributed by atoms with E-state index in [9.17, 15) is 9.59 Å². The number of rotatable bonds is 4. The Morgan fingerprint density at radius 1 is 1.40 bits per heavy atom. The van der Waals surface area contributed by atoms with Crippen LogP contribution >= 0.6 is 0 Å². The molecule has 1 atom stereocenters. The molecule has 1 saturated carbocycles. The quantitative estimate of drug-likeness (QED) is 0.744. The number of nitrogens with one attached hydrogen (secondary N) is 1. The minimum Gasteiger partial charge on any atom is -0.480 e. The van der Waals surface area contributed by atoms with Gasteiger partial charge < -0.3 is 10.4 Å². The molecule has 1 aliphatic rings. The second kappa shape index (κ2) is 4.64. The molecular weight excluding hydrogens is 194 g/mol. The number of carboxylic acid groups (broad SMARTS) is 1. The lowest BCUT2D eigenvalue weighted by Gasteiger charge is -2.27. The van der Waals surface area contributed by atoms with Crippen molar-refractivity contribution in [1.29, 1.82) is 0 Å². The van der Waals surface area contributed by atoms with Crippen LogP contribution in [0.25, 0.3) is 0 Å². The van der Waals surface area contributed by atoms with Crippen molar-refractivity contribution in [3.05, 3.63) is 0 Å². The van der Waals surface area contributed by atoms with Crippen LogP contribution in [0.3, 0.4) is 0 Å². The van der Waals surface area contributed by atoms with Crippen molar-refractivity contribution in [3.8, 4) is 0 Å². The molecule has 15 heavy (non-hydrogen) atoms. The van der Waals surface area contributed by atoms with Crippen LogP contribution in [-0.2, 0) is 9.59 Å². The van der Waals surface area contributed by atoms with E-state index < -0.39 is 12.0 Å². The zero-order valence-corrected chi connectivity index (χ0v) is 9.38. The highest BCUT2D eigenvalue weighted by Crippen LogP contribution is 2.41. The van der Waals surface area contributed by atoms with E-state index in [4.69, 9.17) is 5.11 Å². The highest BCUT2D eigenvalue weighted by atomic mass is 16.4. The Bertz CT molecular complexity index is 257. The van der Waals surface area contributed by atoms with Crippen LogP contribution in [0.5, 0.6) is 0 Å². The zero-order chi connectivity index (χ0) is 11.5. The number of carboxylic acids is 1. The number of aliphatic carboxylic acids is 1. The summed E-state index contributed by atoms with van der Waals surface area (Å²) in [6, 6.07) is -0.790. The number of hydrogen-bond acceptors (Lipinski definition) is 2. The summed E-state index contributed by atoms with van der Waals surface area (Å²) in [6.07, 6.45) is 4.72. The molecular formula is C11H19NO3. The maximum atomic E-state index is 11.9. The highest BCUT2D eigenvalue weighted by Gasteiger charge is 2.40. The van der Waals surface area contributed by atoms with Crippen LogP contribution in [0.4, 0.5) is 0 Å². The van der Waals surface area contributed by atoms with E-state index in [0.717, 1.165) is 32.1 Å². The molecule has 0 unspecified atom stereocenters. The van der Waals surface area contributed by atoms with Gasteiger partial charge in [-0.1, -0.05) is 19.8 Å². The standard InChI is InChI=1S/C11H19NO3/c1-3-11(6-4-5-7-11)10(15)12-8(2)9(13)14/h8H,3-7H2,1-2H3,(H,12,15)(H,13,14)/t8-/m1/s1. The molecule has 4 nitrogen and oxygen atoms in total. The first-order valence-corrected chi connectivity index (χ1v) is 5.55. The summed E-state index contributed by atoms with van der Waals surface area (Å²) >= 11 is 0. The average Bonchev–Trinajstić information content (AvgIpc) is 2.66. The summed E-state index contributed by atoms with van der Waals surface area (Å²) in [4.78, 5) is 22.6. The van der Waals surface area contributed by atoms with E-state index in [2.05, 4.69) is 5.32 Å². The largest absolute Gasteiger partial charge is 0.480 e. The van der Waals surface area contributed by atoms with Crippen molar-refractivity contribution in [2.45, 2.75) is 52.0 Å². The van der Waals surface area contributed by atoms with Gasteiger partial charge in [-0.05, 0) is 26.2 Å². The summed E-state index contributed by atoms with van der Waals surface area (Å²) in [5.74, 6) is -1.06. The molecule has 4 heteroatoms. The Morgan fingerprint density at radius 2 is 1.93 bits per heavy atom. The fraction of sp³-hybridized carbons (Fsp3) is 0.818. The molecule has 0 aromatic carbocycles. The maximum absolute atomic E-state index is 11.9. The highest BCUT2D eigenvalue weighted by molar-refractivity contribution is 5.87. The van der Waals surface area contributed by atoms with E-state index in [1.54, 1.807) is 0 Å². The Kier molecular flexibility index (Phi) is 3.72. The van der Waals surface area contributed by atoms with Gasteiger partial charge in [-0.15, -0.1) is 0 Å². The van der Waals surface area contributed by atoms with Gasteiger partial charge in [0.1, 0.15) is 6.04 Å². The van der Waals surface area contributed by atoms with Gasteiger partial charge in [0.05, 0.1) is 0 Å². The summed E-state index contributed by atoms with van der Waals surface area (Å²) in [5, 5.41) is 11.3. The number of carbonyl (C=O) groups excluding carboxylic acids is 1. The third kappa shape index (κ3) is 2.49. The van der Waals surface area contributed by atoms with Crippen molar-refractivity contribution < 1.29 is 14.7 Å². The summed E-state index contributed by atoms with van der Waals surface area (Å²) in [7, 11) is 0. The van der Waals surface area contributed by atoms with E-state index in [1.807, 2.05) is 6.92 Å². The smallest absolute Gasteiger partial charge is 0.325 e. The Morgan fingerprint density at radius 3 is 2.33 bits per heavy atom. The van der Waals surface area contributed by atoms with Crippen molar-refractivity contribution in [2.75, 3.05) is 0 Å². The molecule has 86 valence electrons. The Balaban J connectivity index is 2.62. The van der Waals surface area contributed by atoms with Crippen molar-refractivity contribution >= 4 is 11.9 Å². The first kappa shape index (κ1) is 12.0. The molecule has 0 aliphatic heterocycles. The van der Waals surface area contributed by atoms with Crippen LogP contribution < -0.4 is 5.32 Å². The predicted octanol–water partition coefficient (Wildman–Crippen LogP) is 1.55. The van der Waals surface area contributed by atoms with E-state index in [0.29, 0.717) is 0 Å². The lowest BCUT2D eigenvalue weighted by atomic mass is 9.82. The molecule has 0 aromatic heterocycles. The summed E-state index contributed by atoms with van der Waals surface area (Å²) in [5.41, 5.74) is -0.302. The minimum atomic E-state index is -0.979. The number of amides is 1. The summed E-state index contributed by atoms with van der Waals surface area (Å²) in [6.45, 7) is 3.49. The van der Waals surface area contributed by atoms with E-state index >= 15 is 0 Å². The average molecular weight is 213 g/mol. The van der Waals surface area contributed by atoms with Gasteiger partial charge in [0.2, 0.25) is 5.91 Å². The molecule has 0 heterocycles. The van der Waals surface area contributed by atoms with Gasteiger partial charge in [0.15, 0.2) is 0 Å². The second-order valence-electron chi connectivity index (χ2n) is 4.37. The minimum absolute atomic E-state index is 0.0857. The predicted molar refractivity (Wildman–Crippen MR) is 56.4 cm³/mol. The maximum Gasteiger partial charge on any atom is 0.325 e. The molecule has 0 radical (unpaired) electrons. The van der Waals surface area contributed by atoms with Crippen molar-refractivity contribution in [3.63, 3.8) is 0 Å². The summed E-state index contributed by atoms with van der Waals surface area (Å²) < 4.78 is 0. The van der Waals surface area contributed by atoms with Gasteiger partial charge in [-0.25, -0.2) is 0 Å². The monoisotopic (exact) mass is 213 g/mol. The lowest BCUT2D eigenvalue weighted by molar-refractivity contribution is -0.143. The molecule has 0 aromatic rings. The first-order chi connectivity index (χ1) is 7.02. The van der Waals surface area contributed by atoms with E-state index in [-0.39, 0.29) is 11.3 Å². The zero-order valence-electron chi connectivity index (χ0n) is 9.38. The molecule has 1 amide bonds. The van der Waals surface area contributed by atoms with Gasteiger partial charge in [-0.3, -0.25) is 9.59 Å². The lowest BCUT2D eigenvalue weighted by Crippen LogP contribution is -2.46. The second-order valence-corrected chi connectivity index (χ2v) is 4.37. The molecule has 0 spiro atoms. The fourth-order valence-electron chi connectivity index (χ4n) is 2.20. The van der Waals surface area contributed by atoms with Gasteiger partial charge in [-0.2, -0.15) is 0 Å².